The van der Waals surface area contributed by atoms with Crippen LogP contribution in [0.5, 0.6) is 11.5 Å². The standard InChI is InChI=1S/C22H19N3O4S/c1-13-19(21(26)27-2)20(15-5-3-4-14(10-15)12-23)24-22(30)25(13)16-6-7-17-18(11-16)29-9-8-28-17/h3-7,10-11,20H,8-9H2,1-2H3,(H,24,30)/t20-/m0/s1. The van der Waals surface area contributed by atoms with Crippen LogP contribution in [0.1, 0.15) is 24.1 Å². The molecule has 152 valence electrons. The number of anilines is 1. The Morgan fingerprint density at radius 3 is 2.73 bits per heavy atom. The van der Waals surface area contributed by atoms with Crippen LogP contribution >= 0.6 is 12.2 Å². The van der Waals surface area contributed by atoms with Crippen molar-refractivity contribution in [2.24, 2.45) is 0 Å². The maximum absolute atomic E-state index is 12.7. The molecule has 0 saturated carbocycles. The molecule has 0 amide bonds. The highest BCUT2D eigenvalue weighted by molar-refractivity contribution is 7.80. The van der Waals surface area contributed by atoms with Crippen LogP contribution in [0, 0.1) is 11.3 Å². The molecule has 2 aliphatic rings. The van der Waals surface area contributed by atoms with Gasteiger partial charge in [0.25, 0.3) is 0 Å². The van der Waals surface area contributed by atoms with Gasteiger partial charge in [0.1, 0.15) is 13.2 Å². The second-order valence-electron chi connectivity index (χ2n) is 6.77. The number of nitrogens with one attached hydrogen (secondary N) is 1. The summed E-state index contributed by atoms with van der Waals surface area (Å²) in [5.41, 5.74) is 3.03. The number of rotatable bonds is 3. The third-order valence-electron chi connectivity index (χ3n) is 5.02. The molecule has 8 heteroatoms. The summed E-state index contributed by atoms with van der Waals surface area (Å²) in [6, 6.07) is 14.2. The van der Waals surface area contributed by atoms with Crippen molar-refractivity contribution in [1.82, 2.24) is 5.32 Å². The van der Waals surface area contributed by atoms with Crippen molar-refractivity contribution in [3.8, 4) is 17.6 Å². The summed E-state index contributed by atoms with van der Waals surface area (Å²) in [6.07, 6.45) is 0. The first-order valence-electron chi connectivity index (χ1n) is 9.33. The molecule has 0 bridgehead atoms. The zero-order valence-electron chi connectivity index (χ0n) is 16.5. The lowest BCUT2D eigenvalue weighted by Crippen LogP contribution is -2.48. The molecule has 0 aromatic heterocycles. The number of carbonyl (C=O) groups excluding carboxylic acids is 1. The number of nitrogens with zero attached hydrogens (tertiary/aromatic N) is 2. The van der Waals surface area contributed by atoms with Gasteiger partial charge in [0.15, 0.2) is 16.6 Å². The van der Waals surface area contributed by atoms with Gasteiger partial charge in [-0.2, -0.15) is 5.26 Å². The quantitative estimate of drug-likeness (QED) is 0.598. The van der Waals surface area contributed by atoms with E-state index in [0.717, 1.165) is 11.3 Å². The van der Waals surface area contributed by atoms with Gasteiger partial charge in [-0.15, -0.1) is 0 Å². The van der Waals surface area contributed by atoms with Crippen molar-refractivity contribution in [1.29, 1.82) is 5.26 Å². The van der Waals surface area contributed by atoms with E-state index in [0.29, 0.717) is 46.7 Å². The molecule has 0 spiro atoms. The molecule has 7 nitrogen and oxygen atoms in total. The molecule has 0 aliphatic carbocycles. The fourth-order valence-electron chi connectivity index (χ4n) is 3.64. The Kier molecular flexibility index (Phi) is 5.29. The van der Waals surface area contributed by atoms with E-state index >= 15 is 0 Å². The highest BCUT2D eigenvalue weighted by Crippen LogP contribution is 2.38. The maximum Gasteiger partial charge on any atom is 0.337 e. The SMILES string of the molecule is COC(=O)C1=C(C)N(c2ccc3c(c2)OCCO3)C(=S)N[C@H]1c1cccc(C#N)c1. The summed E-state index contributed by atoms with van der Waals surface area (Å²) in [5.74, 6) is 0.817. The Labute approximate surface area is 179 Å². The minimum atomic E-state index is -0.535. The number of hydrogen-bond donors (Lipinski definition) is 1. The molecule has 2 aliphatic heterocycles. The van der Waals surface area contributed by atoms with Gasteiger partial charge < -0.3 is 19.5 Å². The molecule has 2 aromatic rings. The van der Waals surface area contributed by atoms with Crippen molar-refractivity contribution in [2.45, 2.75) is 13.0 Å². The zero-order valence-corrected chi connectivity index (χ0v) is 17.3. The van der Waals surface area contributed by atoms with Crippen molar-refractivity contribution in [3.63, 3.8) is 0 Å². The molecule has 0 unspecified atom stereocenters. The zero-order chi connectivity index (χ0) is 21.3. The summed E-state index contributed by atoms with van der Waals surface area (Å²) >= 11 is 5.65. The first-order valence-corrected chi connectivity index (χ1v) is 9.73. The van der Waals surface area contributed by atoms with Gasteiger partial charge in [-0.1, -0.05) is 12.1 Å². The van der Waals surface area contributed by atoms with Crippen molar-refractivity contribution in [3.05, 3.63) is 64.9 Å². The molecule has 0 fully saturated rings. The summed E-state index contributed by atoms with van der Waals surface area (Å²) in [6.45, 7) is 2.79. The molecule has 1 atom stereocenters. The van der Waals surface area contributed by atoms with Crippen LogP contribution in [0.4, 0.5) is 5.69 Å². The molecule has 0 radical (unpaired) electrons. The number of ether oxygens (including phenoxy) is 3. The van der Waals surface area contributed by atoms with E-state index in [1.807, 2.05) is 31.2 Å². The van der Waals surface area contributed by atoms with E-state index in [4.69, 9.17) is 26.4 Å². The second kappa shape index (κ2) is 8.05. The number of allylic oxidation sites excluding steroid dienone is 1. The van der Waals surface area contributed by atoms with E-state index in [1.165, 1.54) is 7.11 Å². The van der Waals surface area contributed by atoms with E-state index in [-0.39, 0.29) is 0 Å². The Bertz CT molecular complexity index is 1110. The number of nitriles is 1. The third kappa shape index (κ3) is 3.44. The average molecular weight is 421 g/mol. The molecule has 30 heavy (non-hydrogen) atoms. The van der Waals surface area contributed by atoms with Gasteiger partial charge in [-0.25, -0.2) is 4.79 Å². The van der Waals surface area contributed by atoms with Crippen LogP contribution in [0.15, 0.2) is 53.7 Å². The maximum atomic E-state index is 12.7. The molecular formula is C22H19N3O4S. The Balaban J connectivity index is 1.81. The fraction of sp³-hybridized carbons (Fsp3) is 0.227. The monoisotopic (exact) mass is 421 g/mol. The molecule has 0 saturated heterocycles. The topological polar surface area (TPSA) is 83.8 Å². The van der Waals surface area contributed by atoms with Gasteiger partial charge in [0, 0.05) is 11.8 Å². The van der Waals surface area contributed by atoms with Crippen molar-refractivity contribution < 1.29 is 19.0 Å². The molecule has 2 aromatic carbocycles. The number of esters is 1. The number of methoxy groups -OCH3 is 1. The van der Waals surface area contributed by atoms with E-state index in [1.54, 1.807) is 23.1 Å². The first-order chi connectivity index (χ1) is 14.5. The van der Waals surface area contributed by atoms with Crippen LogP contribution in [0.3, 0.4) is 0 Å². The largest absolute Gasteiger partial charge is 0.486 e. The third-order valence-corrected chi connectivity index (χ3v) is 5.32. The number of hydrogen-bond acceptors (Lipinski definition) is 6. The van der Waals surface area contributed by atoms with Gasteiger partial charge >= 0.3 is 5.97 Å². The molecule has 1 N–H and O–H groups in total. The second-order valence-corrected chi connectivity index (χ2v) is 7.16. The highest BCUT2D eigenvalue weighted by Gasteiger charge is 2.35. The smallest absolute Gasteiger partial charge is 0.337 e. The van der Waals surface area contributed by atoms with Crippen LogP contribution in [-0.2, 0) is 9.53 Å². The van der Waals surface area contributed by atoms with Gasteiger partial charge in [-0.05, 0) is 49.0 Å². The Morgan fingerprint density at radius 2 is 2.00 bits per heavy atom. The minimum absolute atomic E-state index is 0.413. The summed E-state index contributed by atoms with van der Waals surface area (Å²) in [5, 5.41) is 12.9. The van der Waals surface area contributed by atoms with Crippen LogP contribution in [-0.4, -0.2) is 31.4 Å². The lowest BCUT2D eigenvalue weighted by molar-refractivity contribution is -0.136. The van der Waals surface area contributed by atoms with E-state index < -0.39 is 12.0 Å². The predicted molar refractivity (Wildman–Crippen MR) is 114 cm³/mol. The predicted octanol–water partition coefficient (Wildman–Crippen LogP) is 3.21. The average Bonchev–Trinajstić information content (AvgIpc) is 2.78. The van der Waals surface area contributed by atoms with Crippen LogP contribution in [0.2, 0.25) is 0 Å². The summed E-state index contributed by atoms with van der Waals surface area (Å²) in [7, 11) is 1.34. The molecular weight excluding hydrogens is 402 g/mol. The van der Waals surface area contributed by atoms with Gasteiger partial charge in [-0.3, -0.25) is 4.90 Å². The minimum Gasteiger partial charge on any atom is -0.486 e. The molecule has 2 heterocycles. The fourth-order valence-corrected chi connectivity index (χ4v) is 4.00. The summed E-state index contributed by atoms with van der Waals surface area (Å²) in [4.78, 5) is 14.5. The highest BCUT2D eigenvalue weighted by atomic mass is 32.1. The number of thiocarbonyl (C=S) groups is 1. The summed E-state index contributed by atoms with van der Waals surface area (Å²) < 4.78 is 16.3. The van der Waals surface area contributed by atoms with E-state index in [9.17, 15) is 10.1 Å². The van der Waals surface area contributed by atoms with Crippen molar-refractivity contribution in [2.75, 3.05) is 25.2 Å². The number of benzene rings is 2. The van der Waals surface area contributed by atoms with Crippen LogP contribution in [0.25, 0.3) is 0 Å². The van der Waals surface area contributed by atoms with Crippen molar-refractivity contribution >= 4 is 29.0 Å². The number of fused-ring (bicyclic) bond motifs is 1. The van der Waals surface area contributed by atoms with E-state index in [2.05, 4.69) is 11.4 Å². The van der Waals surface area contributed by atoms with Gasteiger partial charge in [0.2, 0.25) is 0 Å². The Hall–Kier alpha value is -3.57. The normalized spacial score (nSPS) is 17.8. The number of carbonyl (C=O) groups is 1. The lowest BCUT2D eigenvalue weighted by atomic mass is 9.93. The first kappa shape index (κ1) is 19.7. The lowest BCUT2D eigenvalue weighted by Gasteiger charge is -2.37. The molecule has 4 rings (SSSR count). The van der Waals surface area contributed by atoms with Gasteiger partial charge in [0.05, 0.1) is 36.0 Å². The Morgan fingerprint density at radius 1 is 1.23 bits per heavy atom. The van der Waals surface area contributed by atoms with Crippen LogP contribution < -0.4 is 19.7 Å².